The fourth-order valence-corrected chi connectivity index (χ4v) is 3.83. The summed E-state index contributed by atoms with van der Waals surface area (Å²) in [6.45, 7) is 4.79. The maximum Gasteiger partial charge on any atom is 0.269 e. The van der Waals surface area contributed by atoms with Gasteiger partial charge in [0, 0.05) is 37.3 Å². The second kappa shape index (κ2) is 10.0. The van der Waals surface area contributed by atoms with Gasteiger partial charge in [0.15, 0.2) is 0 Å². The maximum absolute atomic E-state index is 13.4. The van der Waals surface area contributed by atoms with Gasteiger partial charge in [0.05, 0.1) is 16.3 Å². The van der Waals surface area contributed by atoms with Crippen LogP contribution in [0.15, 0.2) is 48.5 Å². The van der Waals surface area contributed by atoms with E-state index in [9.17, 15) is 14.9 Å². The van der Waals surface area contributed by atoms with E-state index in [1.807, 2.05) is 23.1 Å². The lowest BCUT2D eigenvalue weighted by Crippen LogP contribution is -2.36. The van der Waals surface area contributed by atoms with E-state index < -0.39 is 4.92 Å². The number of hydrogen-bond donors (Lipinski definition) is 0. The van der Waals surface area contributed by atoms with Crippen LogP contribution in [0.25, 0.3) is 0 Å². The van der Waals surface area contributed by atoms with Crippen LogP contribution in [0.1, 0.15) is 55.8 Å². The molecule has 29 heavy (non-hydrogen) atoms. The lowest BCUT2D eigenvalue weighted by atomic mass is 10.1. The Balaban J connectivity index is 1.92. The molecule has 3 rings (SSSR count). The third-order valence-corrected chi connectivity index (χ3v) is 5.42. The number of amides is 1. The van der Waals surface area contributed by atoms with Crippen LogP contribution in [0.2, 0.25) is 0 Å². The first-order chi connectivity index (χ1) is 14.1. The molecule has 0 aromatic heterocycles. The molecule has 1 amide bonds. The summed E-state index contributed by atoms with van der Waals surface area (Å²) < 4.78 is 0. The number of para-hydroxylation sites is 2. The van der Waals surface area contributed by atoms with Crippen molar-refractivity contribution >= 4 is 23.0 Å². The number of rotatable bonds is 8. The van der Waals surface area contributed by atoms with Gasteiger partial charge >= 0.3 is 0 Å². The molecule has 0 bridgehead atoms. The molecule has 1 fully saturated rings. The standard InChI is InChI=1S/C23H29N3O3/c1-2-3-7-18-25(23(27)19-12-14-20(15-13-19)26(28)29)22-11-6-5-10-21(22)24-16-8-4-9-17-24/h5-6,10-15H,2-4,7-9,16-18H2,1H3. The molecule has 2 aromatic carbocycles. The van der Waals surface area contributed by atoms with Crippen molar-refractivity contribution in [2.45, 2.75) is 45.4 Å². The maximum atomic E-state index is 13.4. The number of carbonyl (C=O) groups is 1. The molecular weight excluding hydrogens is 366 g/mol. The molecule has 6 nitrogen and oxygen atoms in total. The van der Waals surface area contributed by atoms with Gasteiger partial charge in [-0.1, -0.05) is 31.9 Å². The van der Waals surface area contributed by atoms with Gasteiger partial charge in [-0.25, -0.2) is 0 Å². The largest absolute Gasteiger partial charge is 0.370 e. The summed E-state index contributed by atoms with van der Waals surface area (Å²) in [7, 11) is 0. The predicted molar refractivity (Wildman–Crippen MR) is 117 cm³/mol. The van der Waals surface area contributed by atoms with Gasteiger partial charge in [-0.15, -0.1) is 0 Å². The van der Waals surface area contributed by atoms with Crippen molar-refractivity contribution in [3.63, 3.8) is 0 Å². The molecular formula is C23H29N3O3. The molecule has 0 atom stereocenters. The van der Waals surface area contributed by atoms with E-state index in [1.165, 1.54) is 31.4 Å². The van der Waals surface area contributed by atoms with Crippen LogP contribution in [0.4, 0.5) is 17.1 Å². The second-order valence-corrected chi connectivity index (χ2v) is 7.50. The number of unbranched alkanes of at least 4 members (excludes halogenated alkanes) is 2. The third-order valence-electron chi connectivity index (χ3n) is 5.42. The first kappa shape index (κ1) is 20.8. The van der Waals surface area contributed by atoms with Crippen LogP contribution in [0, 0.1) is 10.1 Å². The Kier molecular flexibility index (Phi) is 7.22. The van der Waals surface area contributed by atoms with Crippen LogP contribution in [0.3, 0.4) is 0 Å². The number of nitro groups is 1. The minimum Gasteiger partial charge on any atom is -0.370 e. The Bertz CT molecular complexity index is 830. The molecule has 154 valence electrons. The molecule has 0 spiro atoms. The molecule has 1 saturated heterocycles. The van der Waals surface area contributed by atoms with E-state index in [1.54, 1.807) is 12.1 Å². The van der Waals surface area contributed by atoms with Gasteiger partial charge < -0.3 is 9.80 Å². The van der Waals surface area contributed by atoms with Crippen LogP contribution in [-0.2, 0) is 0 Å². The molecule has 0 unspecified atom stereocenters. The van der Waals surface area contributed by atoms with Gasteiger partial charge in [0.2, 0.25) is 0 Å². The average molecular weight is 396 g/mol. The zero-order valence-electron chi connectivity index (χ0n) is 17.0. The Hall–Kier alpha value is -2.89. The molecule has 0 radical (unpaired) electrons. The number of anilines is 2. The lowest BCUT2D eigenvalue weighted by Gasteiger charge is -2.34. The van der Waals surface area contributed by atoms with Gasteiger partial charge in [0.1, 0.15) is 0 Å². The first-order valence-electron chi connectivity index (χ1n) is 10.5. The Morgan fingerprint density at radius 2 is 1.72 bits per heavy atom. The SMILES string of the molecule is CCCCCN(C(=O)c1ccc([N+](=O)[O-])cc1)c1ccccc1N1CCCCC1. The Morgan fingerprint density at radius 3 is 2.38 bits per heavy atom. The van der Waals surface area contributed by atoms with Crippen molar-refractivity contribution in [3.05, 3.63) is 64.2 Å². The summed E-state index contributed by atoms with van der Waals surface area (Å²) in [6.07, 6.45) is 6.63. The summed E-state index contributed by atoms with van der Waals surface area (Å²) in [5.74, 6) is -0.111. The van der Waals surface area contributed by atoms with E-state index in [-0.39, 0.29) is 11.6 Å². The zero-order chi connectivity index (χ0) is 20.6. The van der Waals surface area contributed by atoms with Gasteiger partial charge in [-0.05, 0) is 49.9 Å². The average Bonchev–Trinajstić information content (AvgIpc) is 2.77. The molecule has 1 heterocycles. The van der Waals surface area contributed by atoms with Crippen LogP contribution in [0.5, 0.6) is 0 Å². The van der Waals surface area contributed by atoms with Crippen LogP contribution in [-0.4, -0.2) is 30.5 Å². The monoisotopic (exact) mass is 395 g/mol. The number of piperidine rings is 1. The molecule has 1 aliphatic rings. The number of hydrogen-bond acceptors (Lipinski definition) is 4. The third kappa shape index (κ3) is 5.13. The van der Waals surface area contributed by atoms with Crippen LogP contribution >= 0.6 is 0 Å². The quantitative estimate of drug-likeness (QED) is 0.340. The second-order valence-electron chi connectivity index (χ2n) is 7.50. The number of nitro benzene ring substituents is 1. The van der Waals surface area contributed by atoms with Crippen molar-refractivity contribution in [2.75, 3.05) is 29.4 Å². The number of nitrogens with zero attached hydrogens (tertiary/aromatic N) is 3. The molecule has 1 aliphatic heterocycles. The van der Waals surface area contributed by atoms with Gasteiger partial charge in [0.25, 0.3) is 11.6 Å². The highest BCUT2D eigenvalue weighted by Gasteiger charge is 2.23. The highest BCUT2D eigenvalue weighted by atomic mass is 16.6. The summed E-state index contributed by atoms with van der Waals surface area (Å²) in [4.78, 5) is 28.1. The summed E-state index contributed by atoms with van der Waals surface area (Å²) in [5.41, 5.74) is 2.49. The van der Waals surface area contributed by atoms with Crippen molar-refractivity contribution in [1.29, 1.82) is 0 Å². The van der Waals surface area contributed by atoms with E-state index in [2.05, 4.69) is 17.9 Å². The van der Waals surface area contributed by atoms with Crippen molar-refractivity contribution < 1.29 is 9.72 Å². The number of carbonyl (C=O) groups excluding carboxylic acids is 1. The Labute approximate surface area is 172 Å². The first-order valence-corrected chi connectivity index (χ1v) is 10.5. The molecule has 0 aliphatic carbocycles. The van der Waals surface area contributed by atoms with Crippen molar-refractivity contribution in [2.24, 2.45) is 0 Å². The minimum absolute atomic E-state index is 0.00667. The lowest BCUT2D eigenvalue weighted by molar-refractivity contribution is -0.384. The minimum atomic E-state index is -0.446. The van der Waals surface area contributed by atoms with E-state index in [0.717, 1.165) is 43.7 Å². The van der Waals surface area contributed by atoms with Gasteiger partial charge in [-0.3, -0.25) is 14.9 Å². The number of benzene rings is 2. The topological polar surface area (TPSA) is 66.7 Å². The van der Waals surface area contributed by atoms with E-state index >= 15 is 0 Å². The van der Waals surface area contributed by atoms with E-state index in [4.69, 9.17) is 0 Å². The highest BCUT2D eigenvalue weighted by Crippen LogP contribution is 2.32. The summed E-state index contributed by atoms with van der Waals surface area (Å²) in [6, 6.07) is 14.0. The van der Waals surface area contributed by atoms with Crippen molar-refractivity contribution in [1.82, 2.24) is 0 Å². The van der Waals surface area contributed by atoms with Crippen LogP contribution < -0.4 is 9.80 Å². The summed E-state index contributed by atoms with van der Waals surface area (Å²) >= 11 is 0. The van der Waals surface area contributed by atoms with Crippen molar-refractivity contribution in [3.8, 4) is 0 Å². The Morgan fingerprint density at radius 1 is 1.03 bits per heavy atom. The normalized spacial score (nSPS) is 13.9. The molecule has 0 N–H and O–H groups in total. The highest BCUT2D eigenvalue weighted by molar-refractivity contribution is 6.07. The van der Waals surface area contributed by atoms with E-state index in [0.29, 0.717) is 12.1 Å². The predicted octanol–water partition coefficient (Wildman–Crippen LogP) is 5.42. The van der Waals surface area contributed by atoms with Gasteiger partial charge in [-0.2, -0.15) is 0 Å². The smallest absolute Gasteiger partial charge is 0.269 e. The summed E-state index contributed by atoms with van der Waals surface area (Å²) in [5, 5.41) is 10.9. The molecule has 0 saturated carbocycles. The zero-order valence-corrected chi connectivity index (χ0v) is 17.0. The molecule has 6 heteroatoms. The fraction of sp³-hybridized carbons (Fsp3) is 0.435. The molecule has 2 aromatic rings. The number of non-ortho nitro benzene ring substituents is 1. The fourth-order valence-electron chi connectivity index (χ4n) is 3.83.